The van der Waals surface area contributed by atoms with Gasteiger partial charge in [-0.15, -0.1) is 0 Å². The number of halogens is 1. The fourth-order valence-corrected chi connectivity index (χ4v) is 1.62. The number of hydrogen-bond donors (Lipinski definition) is 0. The van der Waals surface area contributed by atoms with Crippen LogP contribution >= 0.6 is 11.6 Å². The first kappa shape index (κ1) is 15.8. The Kier molecular flexibility index (Phi) is 6.12. The zero-order valence-electron chi connectivity index (χ0n) is 12.3. The van der Waals surface area contributed by atoms with Gasteiger partial charge in [0.15, 0.2) is 0 Å². The molecule has 0 amide bonds. The molecule has 1 aromatic carbocycles. The van der Waals surface area contributed by atoms with Crippen molar-refractivity contribution >= 4 is 17.8 Å². The molecule has 1 nitrogen and oxygen atoms in total. The molecule has 0 atom stereocenters. The van der Waals surface area contributed by atoms with Crippen molar-refractivity contribution < 1.29 is 0 Å². The van der Waals surface area contributed by atoms with Crippen molar-refractivity contribution in [2.45, 2.75) is 52.5 Å². The van der Waals surface area contributed by atoms with Crippen LogP contribution in [-0.4, -0.2) is 11.8 Å². The minimum Gasteiger partial charge on any atom is -0.287 e. The first-order valence-corrected chi connectivity index (χ1v) is 7.14. The molecule has 0 fully saturated rings. The SMILES string of the molecule is CCCCC#Cc1ccc(Cl)cc1C=NC(C)(C)C. The van der Waals surface area contributed by atoms with Crippen molar-refractivity contribution in [3.05, 3.63) is 34.3 Å². The highest BCUT2D eigenvalue weighted by Gasteiger charge is 2.06. The normalized spacial score (nSPS) is 11.4. The lowest BCUT2D eigenvalue weighted by molar-refractivity contribution is 0.586. The number of benzene rings is 1. The van der Waals surface area contributed by atoms with Crippen LogP contribution in [0.25, 0.3) is 0 Å². The Balaban J connectivity index is 2.97. The van der Waals surface area contributed by atoms with Crippen molar-refractivity contribution in [2.24, 2.45) is 4.99 Å². The highest BCUT2D eigenvalue weighted by molar-refractivity contribution is 6.30. The minimum absolute atomic E-state index is 0.0881. The van der Waals surface area contributed by atoms with Crippen molar-refractivity contribution in [2.75, 3.05) is 0 Å². The Morgan fingerprint density at radius 2 is 2.05 bits per heavy atom. The van der Waals surface area contributed by atoms with Gasteiger partial charge in [0.25, 0.3) is 0 Å². The van der Waals surface area contributed by atoms with E-state index in [1.54, 1.807) is 0 Å². The van der Waals surface area contributed by atoms with Gasteiger partial charge in [-0.25, -0.2) is 0 Å². The molecule has 1 rings (SSSR count). The molecule has 0 aliphatic rings. The Labute approximate surface area is 122 Å². The second-order valence-corrected chi connectivity index (χ2v) is 6.00. The van der Waals surface area contributed by atoms with Gasteiger partial charge in [-0.05, 0) is 45.4 Å². The highest BCUT2D eigenvalue weighted by atomic mass is 35.5. The summed E-state index contributed by atoms with van der Waals surface area (Å²) < 4.78 is 0. The smallest absolute Gasteiger partial charge is 0.0524 e. The van der Waals surface area contributed by atoms with Gasteiger partial charge >= 0.3 is 0 Å². The van der Waals surface area contributed by atoms with Gasteiger partial charge in [0.2, 0.25) is 0 Å². The second-order valence-electron chi connectivity index (χ2n) is 5.57. The lowest BCUT2D eigenvalue weighted by Crippen LogP contribution is -2.09. The Hall–Kier alpha value is -1.26. The lowest BCUT2D eigenvalue weighted by Gasteiger charge is -2.11. The van der Waals surface area contributed by atoms with Crippen LogP contribution in [0.2, 0.25) is 5.02 Å². The van der Waals surface area contributed by atoms with E-state index in [0.717, 1.165) is 29.0 Å². The molecule has 2 heteroatoms. The monoisotopic (exact) mass is 275 g/mol. The van der Waals surface area contributed by atoms with Crippen LogP contribution in [0, 0.1) is 11.8 Å². The molecule has 0 spiro atoms. The van der Waals surface area contributed by atoms with E-state index in [4.69, 9.17) is 11.6 Å². The summed E-state index contributed by atoms with van der Waals surface area (Å²) in [5.41, 5.74) is 1.90. The van der Waals surface area contributed by atoms with Crippen LogP contribution < -0.4 is 0 Å². The molecule has 0 saturated heterocycles. The molecule has 0 aliphatic heterocycles. The number of aliphatic imine (C=N–C) groups is 1. The molecule has 0 radical (unpaired) electrons. The Bertz CT molecular complexity index is 498. The zero-order chi connectivity index (χ0) is 14.3. The van der Waals surface area contributed by atoms with Crippen LogP contribution in [0.5, 0.6) is 0 Å². The summed E-state index contributed by atoms with van der Waals surface area (Å²) in [6.45, 7) is 8.38. The van der Waals surface area contributed by atoms with E-state index in [0.29, 0.717) is 0 Å². The van der Waals surface area contributed by atoms with Gasteiger partial charge in [0, 0.05) is 28.8 Å². The van der Waals surface area contributed by atoms with Crippen molar-refractivity contribution in [3.8, 4) is 11.8 Å². The molecular formula is C17H22ClN. The average Bonchev–Trinajstić information content (AvgIpc) is 2.33. The third kappa shape index (κ3) is 6.45. The molecule has 0 unspecified atom stereocenters. The molecule has 0 N–H and O–H groups in total. The largest absolute Gasteiger partial charge is 0.287 e. The maximum absolute atomic E-state index is 6.04. The molecule has 0 saturated carbocycles. The summed E-state index contributed by atoms with van der Waals surface area (Å²) in [5, 5.41) is 0.717. The predicted molar refractivity (Wildman–Crippen MR) is 85.2 cm³/mol. The first-order valence-electron chi connectivity index (χ1n) is 6.76. The van der Waals surface area contributed by atoms with E-state index in [2.05, 4.69) is 44.5 Å². The van der Waals surface area contributed by atoms with Crippen molar-refractivity contribution in [1.82, 2.24) is 0 Å². The molecule has 0 heterocycles. The van der Waals surface area contributed by atoms with Gasteiger partial charge in [0.1, 0.15) is 0 Å². The van der Waals surface area contributed by atoms with E-state index in [9.17, 15) is 0 Å². The maximum atomic E-state index is 6.04. The number of unbranched alkanes of at least 4 members (excludes halogenated alkanes) is 2. The van der Waals surface area contributed by atoms with Crippen molar-refractivity contribution in [1.29, 1.82) is 0 Å². The second kappa shape index (κ2) is 7.36. The molecule has 0 bridgehead atoms. The van der Waals surface area contributed by atoms with Crippen LogP contribution in [-0.2, 0) is 0 Å². The van der Waals surface area contributed by atoms with E-state index < -0.39 is 0 Å². The number of nitrogens with zero attached hydrogens (tertiary/aromatic N) is 1. The number of rotatable bonds is 3. The summed E-state index contributed by atoms with van der Waals surface area (Å²) in [4.78, 5) is 4.52. The molecule has 0 aromatic heterocycles. The Morgan fingerprint density at radius 1 is 1.32 bits per heavy atom. The fourth-order valence-electron chi connectivity index (χ4n) is 1.44. The number of hydrogen-bond acceptors (Lipinski definition) is 1. The van der Waals surface area contributed by atoms with E-state index in [-0.39, 0.29) is 5.54 Å². The van der Waals surface area contributed by atoms with Crippen LogP contribution in [0.1, 0.15) is 58.1 Å². The summed E-state index contributed by atoms with van der Waals surface area (Å²) in [5.74, 6) is 6.42. The third-order valence-electron chi connectivity index (χ3n) is 2.48. The molecule has 1 aromatic rings. The minimum atomic E-state index is -0.0881. The van der Waals surface area contributed by atoms with E-state index in [1.165, 1.54) is 6.42 Å². The van der Waals surface area contributed by atoms with E-state index >= 15 is 0 Å². The molecular weight excluding hydrogens is 254 g/mol. The third-order valence-corrected chi connectivity index (χ3v) is 2.72. The highest BCUT2D eigenvalue weighted by Crippen LogP contribution is 2.15. The summed E-state index contributed by atoms with van der Waals surface area (Å²) in [7, 11) is 0. The van der Waals surface area contributed by atoms with Crippen LogP contribution in [0.4, 0.5) is 0 Å². The lowest BCUT2D eigenvalue weighted by atomic mass is 10.1. The van der Waals surface area contributed by atoms with Gasteiger partial charge in [-0.2, -0.15) is 0 Å². The quantitative estimate of drug-likeness (QED) is 0.413. The standard InChI is InChI=1S/C17H22ClN/c1-5-6-7-8-9-14-10-11-16(18)12-15(14)13-19-17(2,3)4/h10-13H,5-7H2,1-4H3. The fraction of sp³-hybridized carbons (Fsp3) is 0.471. The van der Waals surface area contributed by atoms with E-state index in [1.807, 2.05) is 24.4 Å². The van der Waals surface area contributed by atoms with Crippen LogP contribution in [0.3, 0.4) is 0 Å². The Morgan fingerprint density at radius 3 is 2.68 bits per heavy atom. The first-order chi connectivity index (χ1) is 8.92. The summed E-state index contributed by atoms with van der Waals surface area (Å²) in [6.07, 6.45) is 5.13. The van der Waals surface area contributed by atoms with Gasteiger partial charge in [-0.1, -0.05) is 36.8 Å². The van der Waals surface area contributed by atoms with Gasteiger partial charge in [0.05, 0.1) is 5.54 Å². The van der Waals surface area contributed by atoms with Crippen LogP contribution in [0.15, 0.2) is 23.2 Å². The summed E-state index contributed by atoms with van der Waals surface area (Å²) >= 11 is 6.04. The van der Waals surface area contributed by atoms with Gasteiger partial charge < -0.3 is 0 Å². The maximum Gasteiger partial charge on any atom is 0.0524 e. The summed E-state index contributed by atoms with van der Waals surface area (Å²) in [6, 6.07) is 5.76. The zero-order valence-corrected chi connectivity index (χ0v) is 13.0. The predicted octanol–water partition coefficient (Wildman–Crippen LogP) is 5.10. The van der Waals surface area contributed by atoms with Gasteiger partial charge in [-0.3, -0.25) is 4.99 Å². The average molecular weight is 276 g/mol. The molecule has 0 aliphatic carbocycles. The molecule has 19 heavy (non-hydrogen) atoms. The molecule has 102 valence electrons. The van der Waals surface area contributed by atoms with Crippen molar-refractivity contribution in [3.63, 3.8) is 0 Å². The topological polar surface area (TPSA) is 12.4 Å².